The SMILES string of the molecule is C[SiH](C)O[SiH]1OCC[SiH2][SiH2]1. The van der Waals surface area contributed by atoms with Crippen LogP contribution in [0.2, 0.25) is 19.1 Å². The molecule has 0 amide bonds. The van der Waals surface area contributed by atoms with Crippen LogP contribution < -0.4 is 0 Å². The van der Waals surface area contributed by atoms with E-state index in [1.54, 1.807) is 0 Å². The zero-order valence-electron chi connectivity index (χ0n) is 6.80. The Kier molecular flexibility index (Phi) is 4.10. The van der Waals surface area contributed by atoms with Gasteiger partial charge in [0.25, 0.3) is 8.80 Å². The van der Waals surface area contributed by atoms with E-state index in [4.69, 9.17) is 8.54 Å². The summed E-state index contributed by atoms with van der Waals surface area (Å²) >= 11 is 0. The third kappa shape index (κ3) is 3.26. The van der Waals surface area contributed by atoms with E-state index in [1.807, 2.05) is 0 Å². The minimum Gasteiger partial charge on any atom is -0.444 e. The Morgan fingerprint density at radius 1 is 1.60 bits per heavy atom. The number of hydrogen-bond donors (Lipinski definition) is 0. The number of hydrogen-bond acceptors (Lipinski definition) is 2. The highest BCUT2D eigenvalue weighted by molar-refractivity contribution is 7.33. The van der Waals surface area contributed by atoms with Crippen LogP contribution in [0.5, 0.6) is 0 Å². The highest BCUT2D eigenvalue weighted by Gasteiger charge is 2.18. The highest BCUT2D eigenvalue weighted by Crippen LogP contribution is 1.98. The maximum atomic E-state index is 5.84. The molecule has 1 saturated heterocycles. The van der Waals surface area contributed by atoms with Crippen molar-refractivity contribution in [3.63, 3.8) is 0 Å². The summed E-state index contributed by atoms with van der Waals surface area (Å²) in [5, 5.41) is 0. The monoisotopic (exact) mass is 208 g/mol. The van der Waals surface area contributed by atoms with E-state index in [1.165, 1.54) is 6.04 Å². The Labute approximate surface area is 70.1 Å². The van der Waals surface area contributed by atoms with Crippen molar-refractivity contribution in [3.05, 3.63) is 0 Å². The lowest BCUT2D eigenvalue weighted by molar-refractivity contribution is 0.298. The maximum absolute atomic E-state index is 5.84. The smallest absolute Gasteiger partial charge is 0.279 e. The molecule has 0 bridgehead atoms. The molecule has 2 nitrogen and oxygen atoms in total. The summed E-state index contributed by atoms with van der Waals surface area (Å²) < 4.78 is 11.5. The largest absolute Gasteiger partial charge is 0.444 e. The summed E-state index contributed by atoms with van der Waals surface area (Å²) in [5.41, 5.74) is 0. The molecule has 0 N–H and O–H groups in total. The predicted octanol–water partition coefficient (Wildman–Crippen LogP) is -1.60. The van der Waals surface area contributed by atoms with Gasteiger partial charge in [0.2, 0.25) is 0 Å². The fraction of sp³-hybridized carbons (Fsp3) is 1.00. The van der Waals surface area contributed by atoms with Crippen molar-refractivity contribution < 1.29 is 8.54 Å². The second kappa shape index (κ2) is 4.62. The van der Waals surface area contributed by atoms with E-state index >= 15 is 0 Å². The van der Waals surface area contributed by atoms with Gasteiger partial charge < -0.3 is 8.54 Å². The number of rotatable bonds is 2. The lowest BCUT2D eigenvalue weighted by Crippen LogP contribution is -2.41. The second-order valence-electron chi connectivity index (χ2n) is 2.98. The molecule has 1 heterocycles. The molecule has 0 aliphatic carbocycles. The first-order chi connectivity index (χ1) is 4.79. The zero-order chi connectivity index (χ0) is 7.40. The Morgan fingerprint density at radius 3 is 2.90 bits per heavy atom. The fourth-order valence-corrected chi connectivity index (χ4v) is 25.3. The van der Waals surface area contributed by atoms with E-state index in [9.17, 15) is 0 Å². The lowest BCUT2D eigenvalue weighted by atomic mass is 10.9. The van der Waals surface area contributed by atoms with E-state index in [-0.39, 0.29) is 8.55 Å². The normalized spacial score (nSPS) is 32.1. The van der Waals surface area contributed by atoms with Crippen molar-refractivity contribution in [3.8, 4) is 0 Å². The molecular weight excluding hydrogens is 192 g/mol. The van der Waals surface area contributed by atoms with Crippen LogP contribution in [0.1, 0.15) is 0 Å². The van der Waals surface area contributed by atoms with Gasteiger partial charge in [-0.05, 0) is 19.1 Å². The predicted molar refractivity (Wildman–Crippen MR) is 55.0 cm³/mol. The molecule has 1 fully saturated rings. The molecule has 60 valence electrons. The van der Waals surface area contributed by atoms with Gasteiger partial charge in [0.15, 0.2) is 9.04 Å². The molecule has 1 unspecified atom stereocenters. The van der Waals surface area contributed by atoms with Gasteiger partial charge in [-0.1, -0.05) is 0 Å². The standard InChI is InChI=1S/C4H16O2Si4/c1-9(2)6-10-5-3-4-7-8-10/h9-10H,3-4,7-8H2,1-2H3. The molecule has 0 aromatic heterocycles. The van der Waals surface area contributed by atoms with Crippen molar-refractivity contribution >= 4 is 35.4 Å². The quantitative estimate of drug-likeness (QED) is 0.509. The zero-order valence-corrected chi connectivity index (χ0v) is 11.9. The molecular formula is C4H16O2Si4. The minimum atomic E-state index is -0.922. The van der Waals surface area contributed by atoms with Gasteiger partial charge >= 0.3 is 0 Å². The average molecular weight is 209 g/mol. The van der Waals surface area contributed by atoms with Gasteiger partial charge in [-0.2, -0.15) is 0 Å². The van der Waals surface area contributed by atoms with Gasteiger partial charge in [-0.15, -0.1) is 0 Å². The van der Waals surface area contributed by atoms with Crippen LogP contribution in [0.3, 0.4) is 0 Å². The maximum Gasteiger partial charge on any atom is 0.279 e. The summed E-state index contributed by atoms with van der Waals surface area (Å²) in [7, 11) is -1.03. The van der Waals surface area contributed by atoms with Gasteiger partial charge in [0.05, 0.1) is 8.55 Å². The summed E-state index contributed by atoms with van der Waals surface area (Å²) in [5.74, 6) is 0. The van der Waals surface area contributed by atoms with Crippen LogP contribution >= 0.6 is 0 Å². The second-order valence-corrected chi connectivity index (χ2v) is 20.4. The molecule has 1 rings (SSSR count). The van der Waals surface area contributed by atoms with Crippen LogP contribution in [0.15, 0.2) is 0 Å². The van der Waals surface area contributed by atoms with Crippen molar-refractivity contribution in [2.45, 2.75) is 19.1 Å². The third-order valence-electron chi connectivity index (χ3n) is 1.56. The first-order valence-electron chi connectivity index (χ1n) is 4.06. The first kappa shape index (κ1) is 8.88. The molecule has 10 heavy (non-hydrogen) atoms. The van der Waals surface area contributed by atoms with Crippen molar-refractivity contribution in [1.29, 1.82) is 0 Å². The third-order valence-corrected chi connectivity index (χ3v) is 21.7. The van der Waals surface area contributed by atoms with Crippen LogP contribution in [-0.2, 0) is 8.54 Å². The Morgan fingerprint density at radius 2 is 2.40 bits per heavy atom. The summed E-state index contributed by atoms with van der Waals surface area (Å²) in [6.07, 6.45) is 0. The molecule has 6 heteroatoms. The lowest BCUT2D eigenvalue weighted by Gasteiger charge is -2.22. The molecule has 1 aliphatic heterocycles. The molecule has 0 saturated carbocycles. The van der Waals surface area contributed by atoms with E-state index < -0.39 is 17.8 Å². The molecule has 0 aromatic rings. The van der Waals surface area contributed by atoms with Gasteiger partial charge in [0, 0.05) is 15.6 Å². The molecule has 1 aliphatic rings. The van der Waals surface area contributed by atoms with Crippen molar-refractivity contribution in [1.82, 2.24) is 0 Å². The van der Waals surface area contributed by atoms with Crippen LogP contribution in [-0.4, -0.2) is 42.0 Å². The Balaban J connectivity index is 2.13. The van der Waals surface area contributed by atoms with Gasteiger partial charge in [0.1, 0.15) is 0 Å². The molecule has 0 spiro atoms. The summed E-state index contributed by atoms with van der Waals surface area (Å²) in [4.78, 5) is 0. The first-order valence-corrected chi connectivity index (χ1v) is 16.0. The van der Waals surface area contributed by atoms with Crippen molar-refractivity contribution in [2.75, 3.05) is 6.61 Å². The van der Waals surface area contributed by atoms with Crippen molar-refractivity contribution in [2.24, 2.45) is 0 Å². The Hall–Kier alpha value is 0.788. The van der Waals surface area contributed by atoms with Crippen LogP contribution in [0, 0.1) is 0 Å². The van der Waals surface area contributed by atoms with E-state index in [0.717, 1.165) is 6.61 Å². The molecule has 1 atom stereocenters. The van der Waals surface area contributed by atoms with Gasteiger partial charge in [-0.25, -0.2) is 0 Å². The highest BCUT2D eigenvalue weighted by atomic mass is 29.6. The van der Waals surface area contributed by atoms with E-state index in [2.05, 4.69) is 13.1 Å². The van der Waals surface area contributed by atoms with E-state index in [0.29, 0.717) is 9.04 Å². The summed E-state index contributed by atoms with van der Waals surface area (Å²) in [6, 6.07) is 1.44. The molecule has 0 aromatic carbocycles. The Bertz CT molecular complexity index is 93.3. The summed E-state index contributed by atoms with van der Waals surface area (Å²) in [6.45, 7) is 5.55. The van der Waals surface area contributed by atoms with Gasteiger partial charge in [-0.3, -0.25) is 0 Å². The average Bonchev–Trinajstić information content (AvgIpc) is 1.88. The minimum absolute atomic E-state index is 0.248. The van der Waals surface area contributed by atoms with Crippen LogP contribution in [0.4, 0.5) is 0 Å². The fourth-order valence-electron chi connectivity index (χ4n) is 1.12. The topological polar surface area (TPSA) is 18.5 Å². The van der Waals surface area contributed by atoms with Crippen LogP contribution in [0.25, 0.3) is 0 Å². The molecule has 0 radical (unpaired) electrons.